The molecule has 0 radical (unpaired) electrons. The number of phenolic OH excluding ortho intramolecular Hbond substituents is 1. The van der Waals surface area contributed by atoms with Crippen LogP contribution in [-0.4, -0.2) is 5.11 Å². The Morgan fingerprint density at radius 3 is 2.70 bits per heavy atom. The Kier molecular flexibility index (Phi) is 2.12. The van der Waals surface area contributed by atoms with Crippen molar-refractivity contribution in [2.75, 3.05) is 0 Å². The second-order valence-corrected chi connectivity index (χ2v) is 2.17. The molecule has 1 aromatic carbocycles. The summed E-state index contributed by atoms with van der Waals surface area (Å²) in [5, 5.41) is 8.97. The third kappa shape index (κ3) is 1.39. The zero-order valence-electron chi connectivity index (χ0n) is 5.14. The van der Waals surface area contributed by atoms with Crippen LogP contribution in [0.3, 0.4) is 0 Å². The van der Waals surface area contributed by atoms with Crippen molar-refractivity contribution in [1.82, 2.24) is 0 Å². The monoisotopic (exact) mass is 160 g/mol. The Bertz CT molecular complexity index is 237. The van der Waals surface area contributed by atoms with E-state index in [1.165, 1.54) is 12.1 Å². The number of halogens is 2. The van der Waals surface area contributed by atoms with Gasteiger partial charge in [-0.3, -0.25) is 0 Å². The molecule has 3 heteroatoms. The van der Waals surface area contributed by atoms with Gasteiger partial charge in [-0.15, -0.1) is 11.6 Å². The number of rotatable bonds is 1. The smallest absolute Gasteiger partial charge is 0.126 e. The summed E-state index contributed by atoms with van der Waals surface area (Å²) >= 11 is 5.40. The van der Waals surface area contributed by atoms with Gasteiger partial charge >= 0.3 is 0 Å². The highest BCUT2D eigenvalue weighted by atomic mass is 35.5. The van der Waals surface area contributed by atoms with Crippen molar-refractivity contribution in [3.05, 3.63) is 29.6 Å². The van der Waals surface area contributed by atoms with Crippen LogP contribution in [0.1, 0.15) is 5.56 Å². The van der Waals surface area contributed by atoms with Crippen molar-refractivity contribution < 1.29 is 9.50 Å². The van der Waals surface area contributed by atoms with E-state index in [1.54, 1.807) is 0 Å². The fourth-order valence-electron chi connectivity index (χ4n) is 0.650. The molecule has 0 amide bonds. The molecule has 1 rings (SSSR count). The maximum absolute atomic E-state index is 12.3. The van der Waals surface area contributed by atoms with Crippen LogP contribution in [0.25, 0.3) is 0 Å². The molecule has 0 aromatic heterocycles. The number of phenols is 1. The number of hydrogen-bond donors (Lipinski definition) is 1. The summed E-state index contributed by atoms with van der Waals surface area (Å²) < 4.78 is 12.3. The molecule has 0 aliphatic heterocycles. The SMILES string of the molecule is Oc1cc(F)ccc1CCl. The molecule has 0 atom stereocenters. The first kappa shape index (κ1) is 7.35. The molecule has 0 heterocycles. The van der Waals surface area contributed by atoms with E-state index < -0.39 is 5.82 Å². The van der Waals surface area contributed by atoms with Gasteiger partial charge in [-0.25, -0.2) is 4.39 Å². The first-order chi connectivity index (χ1) is 4.74. The number of aromatic hydroxyl groups is 1. The summed E-state index contributed by atoms with van der Waals surface area (Å²) in [6, 6.07) is 3.76. The fourth-order valence-corrected chi connectivity index (χ4v) is 0.876. The van der Waals surface area contributed by atoms with E-state index in [0.29, 0.717) is 5.56 Å². The lowest BCUT2D eigenvalue weighted by Crippen LogP contribution is -1.80. The van der Waals surface area contributed by atoms with Crippen LogP contribution in [-0.2, 0) is 5.88 Å². The summed E-state index contributed by atoms with van der Waals surface area (Å²) in [5.74, 6) is -0.340. The lowest BCUT2D eigenvalue weighted by Gasteiger charge is -1.97. The van der Waals surface area contributed by atoms with E-state index in [2.05, 4.69) is 0 Å². The van der Waals surface area contributed by atoms with Crippen LogP contribution < -0.4 is 0 Å². The van der Waals surface area contributed by atoms with E-state index >= 15 is 0 Å². The van der Waals surface area contributed by atoms with Crippen molar-refractivity contribution in [3.8, 4) is 5.75 Å². The average Bonchev–Trinajstić information content (AvgIpc) is 1.88. The molecule has 1 aromatic rings. The summed E-state index contributed by atoms with van der Waals surface area (Å²) in [6.45, 7) is 0. The van der Waals surface area contributed by atoms with Gasteiger partial charge in [0.25, 0.3) is 0 Å². The maximum atomic E-state index is 12.3. The number of hydrogen-bond acceptors (Lipinski definition) is 1. The quantitative estimate of drug-likeness (QED) is 0.625. The second kappa shape index (κ2) is 2.88. The summed E-state index contributed by atoms with van der Waals surface area (Å²) in [4.78, 5) is 0. The average molecular weight is 161 g/mol. The number of benzene rings is 1. The first-order valence-corrected chi connectivity index (χ1v) is 3.31. The van der Waals surface area contributed by atoms with Gasteiger partial charge in [-0.05, 0) is 6.07 Å². The minimum absolute atomic E-state index is 0.0880. The molecule has 0 aliphatic rings. The lowest BCUT2D eigenvalue weighted by atomic mass is 10.2. The van der Waals surface area contributed by atoms with Gasteiger partial charge in [-0.2, -0.15) is 0 Å². The van der Waals surface area contributed by atoms with Gasteiger partial charge in [-0.1, -0.05) is 6.07 Å². The molecule has 0 unspecified atom stereocenters. The van der Waals surface area contributed by atoms with Gasteiger partial charge in [0.1, 0.15) is 11.6 Å². The van der Waals surface area contributed by atoms with Crippen molar-refractivity contribution in [1.29, 1.82) is 0 Å². The van der Waals surface area contributed by atoms with Gasteiger partial charge in [0.15, 0.2) is 0 Å². The molecule has 0 fully saturated rings. The van der Waals surface area contributed by atoms with Crippen molar-refractivity contribution in [2.24, 2.45) is 0 Å². The van der Waals surface area contributed by atoms with E-state index in [9.17, 15) is 4.39 Å². The molecule has 0 saturated heterocycles. The minimum Gasteiger partial charge on any atom is -0.508 e. The van der Waals surface area contributed by atoms with E-state index in [0.717, 1.165) is 6.07 Å². The molecule has 0 saturated carbocycles. The molecule has 10 heavy (non-hydrogen) atoms. The molecule has 0 aliphatic carbocycles. The summed E-state index contributed by atoms with van der Waals surface area (Å²) in [6.07, 6.45) is 0. The van der Waals surface area contributed by atoms with E-state index in [-0.39, 0.29) is 11.6 Å². The van der Waals surface area contributed by atoms with Crippen LogP contribution in [0.4, 0.5) is 4.39 Å². The Balaban J connectivity index is 3.07. The summed E-state index contributed by atoms with van der Waals surface area (Å²) in [7, 11) is 0. The van der Waals surface area contributed by atoms with Crippen LogP contribution >= 0.6 is 11.6 Å². The predicted molar refractivity (Wildman–Crippen MR) is 37.6 cm³/mol. The predicted octanol–water partition coefficient (Wildman–Crippen LogP) is 2.27. The second-order valence-electron chi connectivity index (χ2n) is 1.91. The van der Waals surface area contributed by atoms with E-state index in [4.69, 9.17) is 16.7 Å². The van der Waals surface area contributed by atoms with Crippen molar-refractivity contribution >= 4 is 11.6 Å². The minimum atomic E-state index is -0.452. The normalized spacial score (nSPS) is 9.80. The largest absolute Gasteiger partial charge is 0.508 e. The molecule has 1 nitrogen and oxygen atoms in total. The molecule has 1 N–H and O–H groups in total. The molecular weight excluding hydrogens is 155 g/mol. The molecule has 54 valence electrons. The Labute approximate surface area is 63.1 Å². The van der Waals surface area contributed by atoms with Crippen LogP contribution in [0.15, 0.2) is 18.2 Å². The standard InChI is InChI=1S/C7H6ClFO/c8-4-5-1-2-6(9)3-7(5)10/h1-3,10H,4H2. The van der Waals surface area contributed by atoms with Gasteiger partial charge in [0, 0.05) is 11.6 Å². The Morgan fingerprint density at radius 2 is 2.20 bits per heavy atom. The fraction of sp³-hybridized carbons (Fsp3) is 0.143. The van der Waals surface area contributed by atoms with Crippen LogP contribution in [0.2, 0.25) is 0 Å². The third-order valence-electron chi connectivity index (χ3n) is 1.19. The Hall–Kier alpha value is -0.760. The highest BCUT2D eigenvalue weighted by Crippen LogP contribution is 2.19. The topological polar surface area (TPSA) is 20.2 Å². The highest BCUT2D eigenvalue weighted by Gasteiger charge is 1.99. The maximum Gasteiger partial charge on any atom is 0.126 e. The van der Waals surface area contributed by atoms with Crippen molar-refractivity contribution in [3.63, 3.8) is 0 Å². The zero-order chi connectivity index (χ0) is 7.56. The summed E-state index contributed by atoms with van der Waals surface area (Å²) in [5.41, 5.74) is 0.545. The third-order valence-corrected chi connectivity index (χ3v) is 1.48. The Morgan fingerprint density at radius 1 is 1.50 bits per heavy atom. The van der Waals surface area contributed by atoms with Crippen LogP contribution in [0.5, 0.6) is 5.75 Å². The molecule has 0 bridgehead atoms. The van der Waals surface area contributed by atoms with Crippen molar-refractivity contribution in [2.45, 2.75) is 5.88 Å². The van der Waals surface area contributed by atoms with E-state index in [1.807, 2.05) is 0 Å². The van der Waals surface area contributed by atoms with Gasteiger partial charge in [0.05, 0.1) is 5.88 Å². The molecular formula is C7H6ClFO. The lowest BCUT2D eigenvalue weighted by molar-refractivity contribution is 0.464. The van der Waals surface area contributed by atoms with Crippen LogP contribution in [0, 0.1) is 5.82 Å². The van der Waals surface area contributed by atoms with Gasteiger partial charge in [0.2, 0.25) is 0 Å². The number of alkyl halides is 1. The first-order valence-electron chi connectivity index (χ1n) is 2.77. The van der Waals surface area contributed by atoms with Gasteiger partial charge < -0.3 is 5.11 Å². The molecule has 0 spiro atoms. The zero-order valence-corrected chi connectivity index (χ0v) is 5.90. The highest BCUT2D eigenvalue weighted by molar-refractivity contribution is 6.17.